The zero-order chi connectivity index (χ0) is 20.0. The molecule has 3 aliphatic rings. The van der Waals surface area contributed by atoms with Crippen LogP contribution in [0.15, 0.2) is 24.4 Å². The van der Waals surface area contributed by atoms with Crippen molar-refractivity contribution in [1.82, 2.24) is 5.43 Å². The van der Waals surface area contributed by atoms with E-state index >= 15 is 4.39 Å². The number of aliphatic carboxylic acids is 1. The van der Waals surface area contributed by atoms with E-state index in [1.165, 1.54) is 12.3 Å². The fraction of sp³-hybridized carbons (Fsp3) is 0.389. The monoisotopic (exact) mass is 518 g/mol. The van der Waals surface area contributed by atoms with Crippen molar-refractivity contribution in [3.63, 3.8) is 0 Å². The molecule has 3 heterocycles. The van der Waals surface area contributed by atoms with Crippen molar-refractivity contribution in [2.45, 2.75) is 25.4 Å². The predicted octanol–water partition coefficient (Wildman–Crippen LogP) is 3.77. The first kappa shape index (κ1) is 19.8. The van der Waals surface area contributed by atoms with Crippen LogP contribution in [0.4, 0.5) is 15.8 Å². The van der Waals surface area contributed by atoms with Crippen molar-refractivity contribution in [3.8, 4) is 0 Å². The number of hydrogen-bond donors (Lipinski definition) is 2. The van der Waals surface area contributed by atoms with Crippen LogP contribution in [0.3, 0.4) is 0 Å². The van der Waals surface area contributed by atoms with E-state index in [0.717, 1.165) is 11.3 Å². The zero-order valence-corrected chi connectivity index (χ0v) is 18.0. The van der Waals surface area contributed by atoms with Crippen molar-refractivity contribution in [1.29, 1.82) is 0 Å². The van der Waals surface area contributed by atoms with Crippen LogP contribution in [0.25, 0.3) is 5.57 Å². The molecule has 1 atom stereocenters. The van der Waals surface area contributed by atoms with E-state index in [1.54, 1.807) is 27.0 Å². The summed E-state index contributed by atoms with van der Waals surface area (Å²) < 4.78 is 31.9. The molecule has 0 saturated carbocycles. The molecular weight excluding hydrogens is 499 g/mol. The molecule has 0 radical (unpaired) electrons. The molecule has 3 aliphatic heterocycles. The van der Waals surface area contributed by atoms with Gasteiger partial charge in [0.05, 0.1) is 16.9 Å². The summed E-state index contributed by atoms with van der Waals surface area (Å²) in [5.74, 6) is -1.47. The minimum absolute atomic E-state index is 0.0471. The lowest BCUT2D eigenvalue weighted by molar-refractivity contribution is -0.132. The fourth-order valence-corrected chi connectivity index (χ4v) is 5.51. The Kier molecular flexibility index (Phi) is 5.43. The van der Waals surface area contributed by atoms with Crippen molar-refractivity contribution >= 4 is 50.6 Å². The minimum atomic E-state index is -1.68. The second-order valence-corrected chi connectivity index (χ2v) is 9.94. The van der Waals surface area contributed by atoms with Gasteiger partial charge in [-0.05, 0) is 35.5 Å². The van der Waals surface area contributed by atoms with Gasteiger partial charge in [-0.25, -0.2) is 14.6 Å². The SMILES string of the molecule is C=C1C(C(=O)O)=CN2NCCc3c(N4CCC(O[P+](=O)I)CC4)c(F)cc1c32. The number of nitrogens with one attached hydrogen (secondary N) is 1. The number of nitrogens with zero attached hydrogens (tertiary/aromatic N) is 2. The maximum atomic E-state index is 15.2. The Morgan fingerprint density at radius 1 is 1.39 bits per heavy atom. The van der Waals surface area contributed by atoms with Crippen LogP contribution < -0.4 is 15.3 Å². The summed E-state index contributed by atoms with van der Waals surface area (Å²) in [6, 6.07) is 1.39. The lowest BCUT2D eigenvalue weighted by atomic mass is 9.89. The summed E-state index contributed by atoms with van der Waals surface area (Å²) >= 11 is 1.77. The maximum absolute atomic E-state index is 15.2. The van der Waals surface area contributed by atoms with E-state index in [2.05, 4.69) is 12.0 Å². The number of piperidine rings is 1. The van der Waals surface area contributed by atoms with Crippen LogP contribution in [-0.2, 0) is 20.3 Å². The number of rotatable bonds is 4. The Morgan fingerprint density at radius 2 is 2.11 bits per heavy atom. The smallest absolute Gasteiger partial charge is 0.478 e. The Morgan fingerprint density at radius 3 is 2.75 bits per heavy atom. The number of carbonyl (C=O) groups is 1. The molecule has 0 aromatic heterocycles. The van der Waals surface area contributed by atoms with Gasteiger partial charge in [-0.3, -0.25) is 5.01 Å². The Balaban J connectivity index is 1.70. The first-order valence-electron chi connectivity index (χ1n) is 8.94. The van der Waals surface area contributed by atoms with Gasteiger partial charge in [-0.15, -0.1) is 4.52 Å². The number of carboxylic acid groups (broad SMARTS) is 1. The van der Waals surface area contributed by atoms with E-state index < -0.39 is 11.6 Å². The van der Waals surface area contributed by atoms with Gasteiger partial charge in [-0.2, -0.15) is 0 Å². The molecule has 4 rings (SSSR count). The van der Waals surface area contributed by atoms with Crippen LogP contribution in [0.2, 0.25) is 0 Å². The van der Waals surface area contributed by atoms with Gasteiger partial charge in [0.1, 0.15) is 11.9 Å². The lowest BCUT2D eigenvalue weighted by Crippen LogP contribution is -2.44. The number of anilines is 2. The molecule has 1 aromatic rings. The zero-order valence-electron chi connectivity index (χ0n) is 15.0. The summed E-state index contributed by atoms with van der Waals surface area (Å²) in [6.45, 7) is 5.68. The van der Waals surface area contributed by atoms with Crippen molar-refractivity contribution in [2.24, 2.45) is 0 Å². The lowest BCUT2D eigenvalue weighted by Gasteiger charge is -2.40. The standard InChI is InChI=1S/C18H18FIN3O4P/c1-10-13-8-15(19)17(22-6-3-11(4-7-22)27-28(20)26)12-2-5-21-23(16(12)13)9-14(10)18(24)25/h8-9,11,21H,1-7H2/p+1. The molecule has 1 aromatic carbocycles. The Bertz CT molecular complexity index is 915. The topological polar surface area (TPSA) is 82.1 Å². The van der Waals surface area contributed by atoms with Gasteiger partial charge >= 0.3 is 33.7 Å². The fourth-order valence-electron chi connectivity index (χ4n) is 4.10. The summed E-state index contributed by atoms with van der Waals surface area (Å²) in [5.41, 5.74) is 4.53. The van der Waals surface area contributed by atoms with Crippen LogP contribution in [0, 0.1) is 5.82 Å². The number of halogens is 2. The average Bonchev–Trinajstić information content (AvgIpc) is 2.64. The largest absolute Gasteiger partial charge is 0.576 e. The molecule has 0 amide bonds. The average molecular weight is 518 g/mol. The maximum Gasteiger partial charge on any atom is 0.576 e. The third-order valence-corrected chi connectivity index (χ3v) is 6.50. The van der Waals surface area contributed by atoms with Gasteiger partial charge in [0.25, 0.3) is 0 Å². The number of hydrazine groups is 1. The van der Waals surface area contributed by atoms with Crippen LogP contribution in [-0.4, -0.2) is 36.8 Å². The molecule has 0 bridgehead atoms. The van der Waals surface area contributed by atoms with E-state index in [0.29, 0.717) is 55.7 Å². The summed E-state index contributed by atoms with van der Waals surface area (Å²) in [6.07, 6.45) is 3.42. The first-order valence-corrected chi connectivity index (χ1v) is 12.9. The third kappa shape index (κ3) is 3.45. The Labute approximate surface area is 175 Å². The summed E-state index contributed by atoms with van der Waals surface area (Å²) in [5, 5.41) is 11.1. The van der Waals surface area contributed by atoms with E-state index in [-0.39, 0.29) is 17.5 Å². The number of hydrogen-bond acceptors (Lipinski definition) is 6. The van der Waals surface area contributed by atoms with Crippen LogP contribution in [0.1, 0.15) is 24.0 Å². The minimum Gasteiger partial charge on any atom is -0.478 e. The van der Waals surface area contributed by atoms with E-state index in [9.17, 15) is 14.5 Å². The predicted molar refractivity (Wildman–Crippen MR) is 113 cm³/mol. The highest BCUT2D eigenvalue weighted by Gasteiger charge is 2.35. The van der Waals surface area contributed by atoms with E-state index in [4.69, 9.17) is 4.52 Å². The quantitative estimate of drug-likeness (QED) is 0.464. The molecule has 0 spiro atoms. The highest BCUT2D eigenvalue weighted by atomic mass is 127. The van der Waals surface area contributed by atoms with Crippen molar-refractivity contribution < 1.29 is 23.4 Å². The molecule has 10 heteroatoms. The number of benzene rings is 1. The second-order valence-electron chi connectivity index (χ2n) is 6.94. The second kappa shape index (κ2) is 7.70. The highest BCUT2D eigenvalue weighted by molar-refractivity contribution is 14.2. The molecule has 0 aliphatic carbocycles. The van der Waals surface area contributed by atoms with E-state index in [1.807, 2.05) is 4.90 Å². The molecular formula is C18H19FIN3O4P+. The molecule has 7 nitrogen and oxygen atoms in total. The molecule has 1 unspecified atom stereocenters. The van der Waals surface area contributed by atoms with Crippen molar-refractivity contribution in [2.75, 3.05) is 29.5 Å². The normalized spacial score (nSPS) is 20.0. The van der Waals surface area contributed by atoms with Gasteiger partial charge in [0.15, 0.2) is 0 Å². The summed E-state index contributed by atoms with van der Waals surface area (Å²) in [7, 11) is 0. The molecule has 28 heavy (non-hydrogen) atoms. The summed E-state index contributed by atoms with van der Waals surface area (Å²) in [4.78, 5) is 13.5. The molecule has 148 valence electrons. The Hall–Kier alpha value is -1.55. The first-order chi connectivity index (χ1) is 13.4. The number of carboxylic acids is 1. The highest BCUT2D eigenvalue weighted by Crippen LogP contribution is 2.45. The van der Waals surface area contributed by atoms with Crippen LogP contribution in [0.5, 0.6) is 0 Å². The van der Waals surface area contributed by atoms with Crippen LogP contribution >= 0.6 is 27.7 Å². The van der Waals surface area contributed by atoms with Gasteiger partial charge < -0.3 is 10.0 Å². The molecule has 1 saturated heterocycles. The third-order valence-electron chi connectivity index (χ3n) is 5.35. The van der Waals surface area contributed by atoms with Crippen molar-refractivity contribution in [3.05, 3.63) is 41.4 Å². The van der Waals surface area contributed by atoms with Gasteiger partial charge in [-0.1, -0.05) is 6.58 Å². The van der Waals surface area contributed by atoms with Gasteiger partial charge in [0.2, 0.25) is 0 Å². The van der Waals surface area contributed by atoms with Gasteiger partial charge in [0, 0.05) is 37.0 Å². The molecule has 2 N–H and O–H groups in total. The molecule has 1 fully saturated rings.